The molecule has 1 nitrogen and oxygen atoms in total. The van der Waals surface area contributed by atoms with Crippen LogP contribution in [0.2, 0.25) is 0 Å². The van der Waals surface area contributed by atoms with Gasteiger partial charge in [0.2, 0.25) is 0 Å². The first-order valence-corrected chi connectivity index (χ1v) is 3.94. The van der Waals surface area contributed by atoms with E-state index in [1.807, 2.05) is 0 Å². The molecule has 0 N–H and O–H groups in total. The number of rotatable bonds is 0. The van der Waals surface area contributed by atoms with E-state index < -0.39 is 0 Å². The van der Waals surface area contributed by atoms with E-state index in [4.69, 9.17) is 4.74 Å². The van der Waals surface area contributed by atoms with Crippen LogP contribution in [0, 0.1) is 5.41 Å². The van der Waals surface area contributed by atoms with Gasteiger partial charge in [-0.3, -0.25) is 0 Å². The first-order valence-electron chi connectivity index (χ1n) is 3.03. The molecule has 2 aliphatic rings. The van der Waals surface area contributed by atoms with Crippen LogP contribution in [0.15, 0.2) is 0 Å². The molecular weight excluding hydrogens is 168 g/mol. The molecular formula is C6H9BrO. The van der Waals surface area contributed by atoms with Gasteiger partial charge in [-0.15, -0.1) is 0 Å². The minimum Gasteiger partial charge on any atom is -0.380 e. The average Bonchev–Trinajstić information content (AvgIpc) is 1.51. The number of ether oxygens (including phenoxy) is 1. The lowest BCUT2D eigenvalue weighted by molar-refractivity contribution is -0.151. The highest BCUT2D eigenvalue weighted by molar-refractivity contribution is 9.09. The largest absolute Gasteiger partial charge is 0.380 e. The Balaban J connectivity index is 1.92. The van der Waals surface area contributed by atoms with Crippen molar-refractivity contribution < 1.29 is 4.74 Å². The molecule has 0 aromatic carbocycles. The van der Waals surface area contributed by atoms with Gasteiger partial charge in [-0.25, -0.2) is 0 Å². The van der Waals surface area contributed by atoms with Gasteiger partial charge < -0.3 is 4.74 Å². The summed E-state index contributed by atoms with van der Waals surface area (Å²) in [5.74, 6) is 0. The summed E-state index contributed by atoms with van der Waals surface area (Å²) < 4.78 is 5.11. The summed E-state index contributed by atoms with van der Waals surface area (Å²) in [7, 11) is 0. The third kappa shape index (κ3) is 0.560. The molecule has 8 heavy (non-hydrogen) atoms. The minimum atomic E-state index is 0.647. The van der Waals surface area contributed by atoms with E-state index in [0.717, 1.165) is 18.0 Å². The van der Waals surface area contributed by atoms with Crippen molar-refractivity contribution in [3.05, 3.63) is 0 Å². The molecule has 2 fully saturated rings. The molecule has 0 aromatic rings. The predicted octanol–water partition coefficient (Wildman–Crippen LogP) is 1.56. The van der Waals surface area contributed by atoms with Gasteiger partial charge in [0.25, 0.3) is 0 Å². The molecule has 1 saturated heterocycles. The normalized spacial score (nSPS) is 34.1. The van der Waals surface area contributed by atoms with Gasteiger partial charge in [-0.2, -0.15) is 0 Å². The Kier molecular flexibility index (Phi) is 0.970. The van der Waals surface area contributed by atoms with Gasteiger partial charge >= 0.3 is 0 Å². The Labute approximate surface area is 57.5 Å². The van der Waals surface area contributed by atoms with E-state index in [1.54, 1.807) is 0 Å². The van der Waals surface area contributed by atoms with Crippen molar-refractivity contribution in [2.24, 2.45) is 5.41 Å². The molecule has 1 saturated carbocycles. The van der Waals surface area contributed by atoms with Crippen molar-refractivity contribution in [3.8, 4) is 0 Å². The number of hydrogen-bond acceptors (Lipinski definition) is 1. The third-order valence-electron chi connectivity index (χ3n) is 2.13. The second kappa shape index (κ2) is 1.48. The lowest BCUT2D eigenvalue weighted by atomic mass is 9.67. The highest BCUT2D eigenvalue weighted by atomic mass is 79.9. The van der Waals surface area contributed by atoms with Crippen LogP contribution in [-0.2, 0) is 4.74 Å². The van der Waals surface area contributed by atoms with Crippen LogP contribution < -0.4 is 0 Å². The van der Waals surface area contributed by atoms with E-state index >= 15 is 0 Å². The fourth-order valence-corrected chi connectivity index (χ4v) is 2.88. The highest BCUT2D eigenvalue weighted by Gasteiger charge is 2.48. The molecule has 0 amide bonds. The maximum atomic E-state index is 5.11. The quantitative estimate of drug-likeness (QED) is 0.510. The zero-order valence-corrected chi connectivity index (χ0v) is 6.28. The Morgan fingerprint density at radius 3 is 2.12 bits per heavy atom. The summed E-state index contributed by atoms with van der Waals surface area (Å²) in [6, 6.07) is 0. The third-order valence-corrected chi connectivity index (χ3v) is 2.77. The summed E-state index contributed by atoms with van der Waals surface area (Å²) >= 11 is 3.55. The van der Waals surface area contributed by atoms with Crippen LogP contribution in [0.4, 0.5) is 0 Å². The molecule has 1 heterocycles. The first kappa shape index (κ1) is 5.24. The SMILES string of the molecule is BrC1CC2(COC2)C1. The second-order valence-electron chi connectivity index (χ2n) is 3.00. The molecule has 0 radical (unpaired) electrons. The lowest BCUT2D eigenvalue weighted by Gasteiger charge is -2.51. The number of alkyl halides is 1. The molecule has 1 aliphatic carbocycles. The van der Waals surface area contributed by atoms with Crippen LogP contribution >= 0.6 is 15.9 Å². The number of hydrogen-bond donors (Lipinski definition) is 0. The van der Waals surface area contributed by atoms with Crippen molar-refractivity contribution in [1.82, 2.24) is 0 Å². The van der Waals surface area contributed by atoms with E-state index in [1.165, 1.54) is 12.8 Å². The molecule has 2 heteroatoms. The summed E-state index contributed by atoms with van der Waals surface area (Å²) in [6.07, 6.45) is 2.68. The Morgan fingerprint density at radius 1 is 1.38 bits per heavy atom. The van der Waals surface area contributed by atoms with E-state index in [2.05, 4.69) is 15.9 Å². The molecule has 0 atom stereocenters. The molecule has 46 valence electrons. The summed E-state index contributed by atoms with van der Waals surface area (Å²) in [5.41, 5.74) is 0.647. The molecule has 2 rings (SSSR count). The Bertz CT molecular complexity index is 101. The first-order chi connectivity index (χ1) is 3.81. The molecule has 1 spiro atoms. The zero-order valence-electron chi connectivity index (χ0n) is 4.69. The summed E-state index contributed by atoms with van der Waals surface area (Å²) in [6.45, 7) is 2.05. The monoisotopic (exact) mass is 176 g/mol. The van der Waals surface area contributed by atoms with Gasteiger partial charge in [0, 0.05) is 10.2 Å². The van der Waals surface area contributed by atoms with Crippen LogP contribution in [0.5, 0.6) is 0 Å². The van der Waals surface area contributed by atoms with Crippen molar-refractivity contribution >= 4 is 15.9 Å². The minimum absolute atomic E-state index is 0.647. The van der Waals surface area contributed by atoms with Crippen molar-refractivity contribution in [1.29, 1.82) is 0 Å². The maximum Gasteiger partial charge on any atom is 0.0545 e. The smallest absolute Gasteiger partial charge is 0.0545 e. The summed E-state index contributed by atoms with van der Waals surface area (Å²) in [4.78, 5) is 0.798. The highest BCUT2D eigenvalue weighted by Crippen LogP contribution is 2.49. The van der Waals surface area contributed by atoms with Crippen molar-refractivity contribution in [3.63, 3.8) is 0 Å². The molecule has 0 unspecified atom stereocenters. The predicted molar refractivity (Wildman–Crippen MR) is 35.2 cm³/mol. The second-order valence-corrected chi connectivity index (χ2v) is 4.29. The van der Waals surface area contributed by atoms with Crippen molar-refractivity contribution in [2.45, 2.75) is 17.7 Å². The maximum absolute atomic E-state index is 5.11. The van der Waals surface area contributed by atoms with Gasteiger partial charge in [-0.1, -0.05) is 15.9 Å². The van der Waals surface area contributed by atoms with Gasteiger partial charge in [0.15, 0.2) is 0 Å². The molecule has 0 bridgehead atoms. The van der Waals surface area contributed by atoms with E-state index in [-0.39, 0.29) is 0 Å². The van der Waals surface area contributed by atoms with E-state index in [0.29, 0.717) is 5.41 Å². The average molecular weight is 177 g/mol. The fourth-order valence-electron chi connectivity index (χ4n) is 1.51. The molecule has 1 aliphatic heterocycles. The molecule has 0 aromatic heterocycles. The van der Waals surface area contributed by atoms with Gasteiger partial charge in [-0.05, 0) is 12.8 Å². The standard InChI is InChI=1S/C6H9BrO/c7-5-1-6(2-5)3-8-4-6/h5H,1-4H2. The van der Waals surface area contributed by atoms with E-state index in [9.17, 15) is 0 Å². The number of halogens is 1. The van der Waals surface area contributed by atoms with Gasteiger partial charge in [0.05, 0.1) is 13.2 Å². The van der Waals surface area contributed by atoms with Crippen LogP contribution in [0.1, 0.15) is 12.8 Å². The summed E-state index contributed by atoms with van der Waals surface area (Å²) in [5, 5.41) is 0. The van der Waals surface area contributed by atoms with Crippen LogP contribution in [0.3, 0.4) is 0 Å². The fraction of sp³-hybridized carbons (Fsp3) is 1.00. The van der Waals surface area contributed by atoms with Crippen LogP contribution in [0.25, 0.3) is 0 Å². The zero-order chi connectivity index (χ0) is 5.61. The van der Waals surface area contributed by atoms with Crippen LogP contribution in [-0.4, -0.2) is 18.0 Å². The van der Waals surface area contributed by atoms with Gasteiger partial charge in [0.1, 0.15) is 0 Å². The Hall–Kier alpha value is 0.440. The topological polar surface area (TPSA) is 9.23 Å². The van der Waals surface area contributed by atoms with Crippen molar-refractivity contribution in [2.75, 3.05) is 13.2 Å². The Morgan fingerprint density at radius 2 is 2.00 bits per heavy atom. The lowest BCUT2D eigenvalue weighted by Crippen LogP contribution is -2.52.